The zero-order valence-electron chi connectivity index (χ0n) is 19.9. The Morgan fingerprint density at radius 1 is 1.03 bits per heavy atom. The number of hydrogen-bond acceptors (Lipinski definition) is 5. The van der Waals surface area contributed by atoms with Gasteiger partial charge in [-0.05, 0) is 82.7 Å². The first-order chi connectivity index (χ1) is 15.5. The lowest BCUT2D eigenvalue weighted by atomic mass is 9.94. The Morgan fingerprint density at radius 3 is 2.47 bits per heavy atom. The summed E-state index contributed by atoms with van der Waals surface area (Å²) < 4.78 is 11.1. The van der Waals surface area contributed by atoms with Gasteiger partial charge in [-0.15, -0.1) is 0 Å². The van der Waals surface area contributed by atoms with Crippen molar-refractivity contribution in [3.63, 3.8) is 0 Å². The molecule has 1 atom stereocenters. The van der Waals surface area contributed by atoms with Crippen molar-refractivity contribution in [2.75, 3.05) is 52.5 Å². The highest BCUT2D eigenvalue weighted by Gasteiger charge is 2.26. The highest BCUT2D eigenvalue weighted by Crippen LogP contribution is 2.28. The first kappa shape index (κ1) is 24.4. The third-order valence-electron chi connectivity index (χ3n) is 6.47. The number of nitrogens with zero attached hydrogens (tertiary/aromatic N) is 2. The molecule has 2 aliphatic rings. The fourth-order valence-electron chi connectivity index (χ4n) is 4.61. The van der Waals surface area contributed by atoms with Gasteiger partial charge in [0.2, 0.25) is 5.91 Å². The Kier molecular flexibility index (Phi) is 9.21. The van der Waals surface area contributed by atoms with Gasteiger partial charge >= 0.3 is 0 Å². The molecule has 1 aromatic carbocycles. The molecule has 0 aromatic heterocycles. The van der Waals surface area contributed by atoms with Crippen LogP contribution in [0.15, 0.2) is 18.2 Å². The zero-order valence-corrected chi connectivity index (χ0v) is 19.9. The lowest BCUT2D eigenvalue weighted by Crippen LogP contribution is -2.48. The Hall–Kier alpha value is -2.28. The average molecular weight is 446 g/mol. The van der Waals surface area contributed by atoms with E-state index in [4.69, 9.17) is 9.47 Å². The number of amides is 2. The van der Waals surface area contributed by atoms with Gasteiger partial charge in [0.05, 0.1) is 19.8 Å². The van der Waals surface area contributed by atoms with E-state index in [1.807, 2.05) is 18.7 Å². The maximum absolute atomic E-state index is 12.8. The van der Waals surface area contributed by atoms with Gasteiger partial charge in [0.1, 0.15) is 0 Å². The van der Waals surface area contributed by atoms with Crippen molar-refractivity contribution >= 4 is 11.8 Å². The Balaban J connectivity index is 1.49. The Bertz CT molecular complexity index is 762. The van der Waals surface area contributed by atoms with Gasteiger partial charge in [-0.2, -0.15) is 0 Å². The molecular weight excluding hydrogens is 406 g/mol. The summed E-state index contributed by atoms with van der Waals surface area (Å²) in [6, 6.07) is 5.11. The van der Waals surface area contributed by atoms with E-state index in [0.717, 1.165) is 32.0 Å². The lowest BCUT2D eigenvalue weighted by Gasteiger charge is -2.37. The van der Waals surface area contributed by atoms with Gasteiger partial charge < -0.3 is 24.6 Å². The molecule has 0 aliphatic carbocycles. The molecule has 3 rings (SSSR count). The van der Waals surface area contributed by atoms with Crippen LogP contribution in [0.3, 0.4) is 0 Å². The minimum absolute atomic E-state index is 0.00807. The lowest BCUT2D eigenvalue weighted by molar-refractivity contribution is -0.132. The molecule has 1 unspecified atom stereocenters. The van der Waals surface area contributed by atoms with E-state index >= 15 is 0 Å². The van der Waals surface area contributed by atoms with Gasteiger partial charge in [-0.25, -0.2) is 0 Å². The summed E-state index contributed by atoms with van der Waals surface area (Å²) in [6.07, 6.45) is 4.76. The first-order valence-corrected chi connectivity index (χ1v) is 12.2. The van der Waals surface area contributed by atoms with Crippen LogP contribution in [0.25, 0.3) is 0 Å². The second kappa shape index (κ2) is 12.1. The summed E-state index contributed by atoms with van der Waals surface area (Å²) in [4.78, 5) is 29.9. The van der Waals surface area contributed by atoms with Crippen molar-refractivity contribution in [3.05, 3.63) is 23.8 Å². The summed E-state index contributed by atoms with van der Waals surface area (Å²) in [7, 11) is 0. The van der Waals surface area contributed by atoms with E-state index in [2.05, 4.69) is 17.1 Å². The molecule has 7 heteroatoms. The van der Waals surface area contributed by atoms with E-state index in [1.54, 1.807) is 18.2 Å². The van der Waals surface area contributed by atoms with E-state index in [0.29, 0.717) is 36.2 Å². The number of piperidine rings is 2. The highest BCUT2D eigenvalue weighted by atomic mass is 16.5. The maximum Gasteiger partial charge on any atom is 0.251 e. The summed E-state index contributed by atoms with van der Waals surface area (Å²) in [5.74, 6) is 2.23. The molecule has 2 fully saturated rings. The number of benzene rings is 1. The number of hydrogen-bond donors (Lipinski definition) is 1. The van der Waals surface area contributed by atoms with Crippen LogP contribution in [-0.4, -0.2) is 74.1 Å². The van der Waals surface area contributed by atoms with Gasteiger partial charge in [-0.1, -0.05) is 6.92 Å². The third kappa shape index (κ3) is 6.86. The van der Waals surface area contributed by atoms with E-state index in [9.17, 15) is 9.59 Å². The van der Waals surface area contributed by atoms with E-state index in [1.165, 1.54) is 32.4 Å². The first-order valence-electron chi connectivity index (χ1n) is 12.2. The van der Waals surface area contributed by atoms with Crippen molar-refractivity contribution in [1.29, 1.82) is 0 Å². The normalized spacial score (nSPS) is 20.1. The van der Waals surface area contributed by atoms with Crippen molar-refractivity contribution in [1.82, 2.24) is 15.1 Å². The minimum Gasteiger partial charge on any atom is -0.490 e. The number of carbonyl (C=O) groups excluding carboxylic acids is 2. The number of ether oxygens (including phenoxy) is 2. The molecule has 178 valence electrons. The van der Waals surface area contributed by atoms with Crippen LogP contribution in [-0.2, 0) is 4.79 Å². The number of rotatable bonds is 9. The quantitative estimate of drug-likeness (QED) is 0.632. The molecule has 0 radical (unpaired) electrons. The molecule has 1 N–H and O–H groups in total. The van der Waals surface area contributed by atoms with Crippen LogP contribution in [0.2, 0.25) is 0 Å². The fourth-order valence-corrected chi connectivity index (χ4v) is 4.61. The molecule has 2 aliphatic heterocycles. The summed E-state index contributed by atoms with van der Waals surface area (Å²) in [5, 5.41) is 2.78. The molecule has 2 amide bonds. The predicted molar refractivity (Wildman–Crippen MR) is 125 cm³/mol. The van der Waals surface area contributed by atoms with Gasteiger partial charge in [-0.3, -0.25) is 9.59 Å². The third-order valence-corrected chi connectivity index (χ3v) is 6.47. The second-order valence-corrected chi connectivity index (χ2v) is 9.04. The van der Waals surface area contributed by atoms with Crippen molar-refractivity contribution in [2.45, 2.75) is 46.5 Å². The molecule has 0 saturated carbocycles. The van der Waals surface area contributed by atoms with Crippen LogP contribution < -0.4 is 14.8 Å². The van der Waals surface area contributed by atoms with E-state index < -0.39 is 0 Å². The van der Waals surface area contributed by atoms with Crippen LogP contribution in [0.5, 0.6) is 11.5 Å². The molecule has 1 aromatic rings. The van der Waals surface area contributed by atoms with Crippen LogP contribution >= 0.6 is 0 Å². The summed E-state index contributed by atoms with van der Waals surface area (Å²) >= 11 is 0. The maximum atomic E-state index is 12.8. The van der Waals surface area contributed by atoms with Crippen molar-refractivity contribution < 1.29 is 19.1 Å². The standard InChI is InChI=1S/C25H39N3O4/c1-4-31-22-9-8-21(15-23(22)32-5-2)25(30)26-16-24(29)28-12-6-7-20(18-28)17-27-13-10-19(3)11-14-27/h8-9,15,19-20H,4-7,10-14,16-18H2,1-3H3,(H,26,30). The molecule has 2 heterocycles. The topological polar surface area (TPSA) is 71.1 Å². The number of likely N-dealkylation sites (tertiary alicyclic amines) is 2. The predicted octanol–water partition coefficient (Wildman–Crippen LogP) is 3.18. The van der Waals surface area contributed by atoms with Crippen LogP contribution in [0.4, 0.5) is 0 Å². The van der Waals surface area contributed by atoms with Crippen LogP contribution in [0.1, 0.15) is 56.8 Å². The average Bonchev–Trinajstić information content (AvgIpc) is 2.80. The Morgan fingerprint density at radius 2 is 1.75 bits per heavy atom. The largest absolute Gasteiger partial charge is 0.490 e. The number of carbonyl (C=O) groups is 2. The molecule has 2 saturated heterocycles. The molecule has 7 nitrogen and oxygen atoms in total. The highest BCUT2D eigenvalue weighted by molar-refractivity contribution is 5.97. The molecule has 0 bridgehead atoms. The minimum atomic E-state index is -0.279. The van der Waals surface area contributed by atoms with Gasteiger partial charge in [0, 0.05) is 25.2 Å². The van der Waals surface area contributed by atoms with Crippen molar-refractivity contribution in [2.24, 2.45) is 11.8 Å². The Labute approximate surface area is 192 Å². The van der Waals surface area contributed by atoms with E-state index in [-0.39, 0.29) is 18.4 Å². The van der Waals surface area contributed by atoms with Gasteiger partial charge in [0.25, 0.3) is 5.91 Å². The summed E-state index contributed by atoms with van der Waals surface area (Å²) in [5.41, 5.74) is 0.459. The van der Waals surface area contributed by atoms with Gasteiger partial charge in [0.15, 0.2) is 11.5 Å². The summed E-state index contributed by atoms with van der Waals surface area (Å²) in [6.45, 7) is 12.1. The fraction of sp³-hybridized carbons (Fsp3) is 0.680. The SMILES string of the molecule is CCOc1ccc(C(=O)NCC(=O)N2CCCC(CN3CCC(C)CC3)C2)cc1OCC. The van der Waals surface area contributed by atoms with Crippen molar-refractivity contribution in [3.8, 4) is 11.5 Å². The molecule has 0 spiro atoms. The van der Waals surface area contributed by atoms with Crippen LogP contribution in [0, 0.1) is 11.8 Å². The monoisotopic (exact) mass is 445 g/mol. The molecule has 32 heavy (non-hydrogen) atoms. The number of nitrogens with one attached hydrogen (secondary N) is 1. The molecular formula is C25H39N3O4. The zero-order chi connectivity index (χ0) is 22.9. The smallest absolute Gasteiger partial charge is 0.251 e. The second-order valence-electron chi connectivity index (χ2n) is 9.04.